The number of aliphatic hydroxyl groups excluding tert-OH is 2. The molecule has 0 aromatic heterocycles. The second-order valence-electron chi connectivity index (χ2n) is 10.4. The minimum absolute atomic E-state index is 0.0934. The highest BCUT2D eigenvalue weighted by Crippen LogP contribution is 2.67. The summed E-state index contributed by atoms with van der Waals surface area (Å²) in [5.41, 5.74) is 1.69. The Morgan fingerprint density at radius 2 is 1.82 bits per heavy atom. The Balaban J connectivity index is 1.64. The quantitative estimate of drug-likeness (QED) is 0.630. The van der Waals surface area contributed by atoms with Crippen molar-refractivity contribution < 1.29 is 24.8 Å². The lowest BCUT2D eigenvalue weighted by Crippen LogP contribution is -2.66. The van der Waals surface area contributed by atoms with Crippen LogP contribution in [0.1, 0.15) is 76.4 Å². The summed E-state index contributed by atoms with van der Waals surface area (Å²) in [6.45, 7) is 9.33. The van der Waals surface area contributed by atoms with Gasteiger partial charge in [0.1, 0.15) is 17.1 Å². The zero-order valence-corrected chi connectivity index (χ0v) is 17.3. The van der Waals surface area contributed by atoms with Crippen molar-refractivity contribution in [2.24, 2.45) is 22.7 Å². The molecule has 2 aliphatic heterocycles. The van der Waals surface area contributed by atoms with Crippen LogP contribution in [-0.2, 0) is 17.8 Å². The van der Waals surface area contributed by atoms with Crippen LogP contribution in [-0.4, -0.2) is 27.0 Å². The Labute approximate surface area is 166 Å². The first-order valence-corrected chi connectivity index (χ1v) is 10.7. The maximum absolute atomic E-state index is 10.8. The lowest BCUT2D eigenvalue weighted by Gasteiger charge is -2.64. The molecular weight excluding hydrogens is 356 g/mol. The van der Waals surface area contributed by atoms with Gasteiger partial charge in [0.2, 0.25) is 0 Å². The second kappa shape index (κ2) is 5.65. The first-order chi connectivity index (χ1) is 13.1. The number of aromatic hydroxyl groups is 1. The Kier molecular flexibility index (Phi) is 3.77. The van der Waals surface area contributed by atoms with Gasteiger partial charge in [0.15, 0.2) is 6.29 Å². The van der Waals surface area contributed by atoms with Crippen LogP contribution in [0.2, 0.25) is 0 Å². The summed E-state index contributed by atoms with van der Waals surface area (Å²) in [6, 6.07) is 1.65. The smallest absolute Gasteiger partial charge is 0.182 e. The molecular formula is C23H32O5. The predicted octanol–water partition coefficient (Wildman–Crippen LogP) is 3.82. The summed E-state index contributed by atoms with van der Waals surface area (Å²) in [5, 5.41) is 31.6. The van der Waals surface area contributed by atoms with E-state index in [0.29, 0.717) is 30.4 Å². The number of ether oxygens (including phenoxy) is 2. The molecule has 1 spiro atoms. The summed E-state index contributed by atoms with van der Waals surface area (Å²) in [4.78, 5) is 0. The van der Waals surface area contributed by atoms with E-state index >= 15 is 0 Å². The minimum atomic E-state index is -0.998. The maximum Gasteiger partial charge on any atom is 0.182 e. The van der Waals surface area contributed by atoms with Crippen molar-refractivity contribution in [1.82, 2.24) is 0 Å². The highest BCUT2D eigenvalue weighted by atomic mass is 16.6. The van der Waals surface area contributed by atoms with Crippen molar-refractivity contribution in [3.05, 3.63) is 22.8 Å². The van der Waals surface area contributed by atoms with Gasteiger partial charge < -0.3 is 24.8 Å². The fraction of sp³-hybridized carbons (Fsp3) is 0.739. The molecule has 0 amide bonds. The van der Waals surface area contributed by atoms with E-state index in [-0.39, 0.29) is 22.7 Å². The number of fused-ring (bicyclic) bond motifs is 5. The van der Waals surface area contributed by atoms with Crippen LogP contribution in [0.25, 0.3) is 0 Å². The SMILES string of the molecule is C[C@H]1CC[C@@H]2C(C)(C)[C@H](O)CC[C@]2(C)[C@]12Cc1c(O)cc3c(c1O2)CO[C@@H]3O. The Morgan fingerprint density at radius 3 is 2.57 bits per heavy atom. The first kappa shape index (κ1) is 18.7. The van der Waals surface area contributed by atoms with Gasteiger partial charge in [-0.2, -0.15) is 0 Å². The van der Waals surface area contributed by atoms with Crippen LogP contribution < -0.4 is 4.74 Å². The molecule has 6 atom stereocenters. The van der Waals surface area contributed by atoms with Crippen molar-refractivity contribution in [2.45, 2.75) is 84.4 Å². The van der Waals surface area contributed by atoms with Gasteiger partial charge in [0, 0.05) is 28.5 Å². The summed E-state index contributed by atoms with van der Waals surface area (Å²) >= 11 is 0. The zero-order valence-electron chi connectivity index (χ0n) is 17.3. The van der Waals surface area contributed by atoms with Gasteiger partial charge in [0.25, 0.3) is 0 Å². The van der Waals surface area contributed by atoms with Crippen LogP contribution in [0.3, 0.4) is 0 Å². The van der Waals surface area contributed by atoms with E-state index in [2.05, 4.69) is 27.7 Å². The standard InChI is InChI=1S/C23H32O5/c1-12-5-6-17-21(2,3)18(25)7-8-22(17,4)23(12)10-14-16(24)9-13-15(19(14)28-23)11-27-20(13)26/h9,12,17-18,20,24-26H,5-8,10-11H2,1-4H3/t12-,17+,18+,20-,22-,23-/m0/s1. The minimum Gasteiger partial charge on any atom is -0.508 e. The lowest BCUT2D eigenvalue weighted by molar-refractivity contribution is -0.210. The molecule has 3 N–H and O–H groups in total. The third kappa shape index (κ3) is 2.08. The van der Waals surface area contributed by atoms with Crippen LogP contribution in [0.5, 0.6) is 11.5 Å². The van der Waals surface area contributed by atoms with Gasteiger partial charge in [-0.3, -0.25) is 0 Å². The molecule has 0 unspecified atom stereocenters. The molecule has 2 aliphatic carbocycles. The number of phenols is 1. The number of hydrogen-bond donors (Lipinski definition) is 3. The molecule has 0 radical (unpaired) electrons. The van der Waals surface area contributed by atoms with Crippen molar-refractivity contribution in [1.29, 1.82) is 0 Å². The third-order valence-corrected chi connectivity index (χ3v) is 8.99. The van der Waals surface area contributed by atoms with Gasteiger partial charge in [0.05, 0.1) is 12.7 Å². The molecule has 5 rings (SSSR count). The fourth-order valence-corrected chi connectivity index (χ4v) is 7.19. The molecule has 28 heavy (non-hydrogen) atoms. The molecule has 5 nitrogen and oxygen atoms in total. The van der Waals surface area contributed by atoms with Crippen LogP contribution in [0.4, 0.5) is 0 Å². The van der Waals surface area contributed by atoms with Crippen LogP contribution in [0, 0.1) is 22.7 Å². The normalized spacial score (nSPS) is 43.4. The Morgan fingerprint density at radius 1 is 1.07 bits per heavy atom. The molecule has 2 fully saturated rings. The van der Waals surface area contributed by atoms with Gasteiger partial charge in [-0.25, -0.2) is 0 Å². The summed E-state index contributed by atoms with van der Waals surface area (Å²) in [7, 11) is 0. The molecule has 5 heteroatoms. The average molecular weight is 389 g/mol. The largest absolute Gasteiger partial charge is 0.508 e. The van der Waals surface area contributed by atoms with Gasteiger partial charge >= 0.3 is 0 Å². The van der Waals surface area contributed by atoms with Crippen molar-refractivity contribution in [3.8, 4) is 11.5 Å². The van der Waals surface area contributed by atoms with E-state index in [9.17, 15) is 15.3 Å². The van der Waals surface area contributed by atoms with Crippen LogP contribution >= 0.6 is 0 Å². The third-order valence-electron chi connectivity index (χ3n) is 8.99. The van der Waals surface area contributed by atoms with E-state index < -0.39 is 11.9 Å². The lowest BCUT2D eigenvalue weighted by atomic mass is 9.43. The monoisotopic (exact) mass is 388 g/mol. The number of benzene rings is 1. The van der Waals surface area contributed by atoms with Crippen LogP contribution in [0.15, 0.2) is 6.07 Å². The second-order valence-corrected chi connectivity index (χ2v) is 10.4. The highest BCUT2D eigenvalue weighted by Gasteiger charge is 2.67. The molecule has 0 bridgehead atoms. The molecule has 2 saturated carbocycles. The average Bonchev–Trinajstić information content (AvgIpc) is 3.20. The Hall–Kier alpha value is -1.30. The summed E-state index contributed by atoms with van der Waals surface area (Å²) in [5.74, 6) is 1.62. The van der Waals surface area contributed by atoms with E-state index in [1.165, 1.54) is 0 Å². The van der Waals surface area contributed by atoms with Gasteiger partial charge in [-0.05, 0) is 49.0 Å². The van der Waals surface area contributed by atoms with E-state index in [0.717, 1.165) is 42.6 Å². The van der Waals surface area contributed by atoms with Gasteiger partial charge in [-0.15, -0.1) is 0 Å². The number of rotatable bonds is 0. The molecule has 2 heterocycles. The van der Waals surface area contributed by atoms with E-state index in [4.69, 9.17) is 9.47 Å². The Bertz CT molecular complexity index is 833. The summed E-state index contributed by atoms with van der Waals surface area (Å²) in [6.07, 6.45) is 3.23. The fourth-order valence-electron chi connectivity index (χ4n) is 7.19. The van der Waals surface area contributed by atoms with Crippen molar-refractivity contribution >= 4 is 0 Å². The zero-order chi connectivity index (χ0) is 20.1. The van der Waals surface area contributed by atoms with Gasteiger partial charge in [-0.1, -0.05) is 27.7 Å². The first-order valence-electron chi connectivity index (χ1n) is 10.7. The molecule has 1 aromatic rings. The number of hydrogen-bond acceptors (Lipinski definition) is 5. The highest BCUT2D eigenvalue weighted by molar-refractivity contribution is 5.58. The molecule has 4 aliphatic rings. The van der Waals surface area contributed by atoms with Crippen molar-refractivity contribution in [2.75, 3.05) is 0 Å². The maximum atomic E-state index is 10.8. The van der Waals surface area contributed by atoms with Crippen molar-refractivity contribution in [3.63, 3.8) is 0 Å². The van der Waals surface area contributed by atoms with E-state index in [1.54, 1.807) is 6.07 Å². The predicted molar refractivity (Wildman–Crippen MR) is 104 cm³/mol. The molecule has 1 aromatic carbocycles. The number of aliphatic hydroxyl groups is 2. The number of phenolic OH excluding ortho intramolecular Hbond substituents is 1. The van der Waals surface area contributed by atoms with E-state index in [1.807, 2.05) is 0 Å². The summed E-state index contributed by atoms with van der Waals surface area (Å²) < 4.78 is 12.3. The molecule has 154 valence electrons. The molecule has 0 saturated heterocycles. The topological polar surface area (TPSA) is 79.2 Å².